The highest BCUT2D eigenvalue weighted by Gasteiger charge is 2.04. The molecular weight excluding hydrogens is 390 g/mol. The summed E-state index contributed by atoms with van der Waals surface area (Å²) in [7, 11) is 0. The van der Waals surface area contributed by atoms with Crippen LogP contribution < -0.4 is 0 Å². The molecule has 0 fully saturated rings. The zero-order chi connectivity index (χ0) is 22.2. The average Bonchev–Trinajstić information content (AvgIpc) is 2.75. The van der Waals surface area contributed by atoms with Crippen LogP contribution in [0.2, 0.25) is 0 Å². The van der Waals surface area contributed by atoms with Crippen LogP contribution in [0, 0.1) is 20.2 Å². The molecule has 0 unspecified atom stereocenters. The van der Waals surface area contributed by atoms with Gasteiger partial charge in [-0.2, -0.15) is 0 Å². The lowest BCUT2D eigenvalue weighted by atomic mass is 10.1. The number of aliphatic hydroxyl groups is 1. The standard InChI is InChI=1S/C10H12N4O2.C10H13NO3/c11-13-12-8-2-1-3-9-4-6-10(7-5-9)14(15)16;12-8-2-1-3-9-4-6-10(7-5-9)11(13)14/h4-7H,1-3,8H2;4-7,12H,1-3,8H2. The molecule has 0 amide bonds. The summed E-state index contributed by atoms with van der Waals surface area (Å²) in [6.45, 7) is 0.705. The third kappa shape index (κ3) is 10.2. The van der Waals surface area contributed by atoms with Gasteiger partial charge in [0.05, 0.1) is 9.85 Å². The molecule has 30 heavy (non-hydrogen) atoms. The van der Waals surface area contributed by atoms with Crippen molar-refractivity contribution >= 4 is 11.4 Å². The van der Waals surface area contributed by atoms with Crippen molar-refractivity contribution in [1.29, 1.82) is 0 Å². The minimum Gasteiger partial charge on any atom is -0.396 e. The number of aliphatic hydroxyl groups excluding tert-OH is 1. The van der Waals surface area contributed by atoms with E-state index in [0.717, 1.165) is 49.7 Å². The summed E-state index contributed by atoms with van der Waals surface area (Å²) in [6, 6.07) is 13.1. The Morgan fingerprint density at radius 3 is 1.60 bits per heavy atom. The fourth-order valence-electron chi connectivity index (χ4n) is 2.57. The summed E-state index contributed by atoms with van der Waals surface area (Å²) >= 11 is 0. The molecule has 10 heteroatoms. The first kappa shape index (κ1) is 24.5. The van der Waals surface area contributed by atoms with Gasteiger partial charge in [-0.25, -0.2) is 0 Å². The minimum atomic E-state index is -0.411. The van der Waals surface area contributed by atoms with Crippen molar-refractivity contribution in [3.8, 4) is 0 Å². The second-order valence-corrected chi connectivity index (χ2v) is 6.44. The molecule has 2 rings (SSSR count). The summed E-state index contributed by atoms with van der Waals surface area (Å²) in [5.74, 6) is 0. The quantitative estimate of drug-likeness (QED) is 0.134. The summed E-state index contributed by atoms with van der Waals surface area (Å²) < 4.78 is 0. The maximum atomic E-state index is 10.4. The molecule has 0 aliphatic rings. The van der Waals surface area contributed by atoms with Crippen LogP contribution >= 0.6 is 0 Å². The van der Waals surface area contributed by atoms with E-state index in [1.807, 2.05) is 0 Å². The van der Waals surface area contributed by atoms with E-state index in [1.54, 1.807) is 24.3 Å². The zero-order valence-corrected chi connectivity index (χ0v) is 16.6. The second kappa shape index (κ2) is 14.5. The Balaban J connectivity index is 0.000000303. The summed E-state index contributed by atoms with van der Waals surface area (Å²) in [5.41, 5.74) is 10.4. The SMILES string of the molecule is O=[N+]([O-])c1ccc(CCCCO)cc1.[N-]=[N+]=NCCCCc1ccc([N+](=O)[O-])cc1. The Hall–Kier alpha value is -3.49. The molecule has 2 aromatic carbocycles. The zero-order valence-electron chi connectivity index (χ0n) is 16.6. The van der Waals surface area contributed by atoms with E-state index >= 15 is 0 Å². The first-order chi connectivity index (χ1) is 14.5. The summed E-state index contributed by atoms with van der Waals surface area (Å²) in [5, 5.41) is 32.8. The van der Waals surface area contributed by atoms with Gasteiger partial charge in [0.2, 0.25) is 0 Å². The van der Waals surface area contributed by atoms with E-state index in [4.69, 9.17) is 10.6 Å². The molecule has 10 nitrogen and oxygen atoms in total. The Morgan fingerprint density at radius 2 is 1.23 bits per heavy atom. The van der Waals surface area contributed by atoms with E-state index in [-0.39, 0.29) is 18.0 Å². The van der Waals surface area contributed by atoms with Crippen LogP contribution in [-0.2, 0) is 12.8 Å². The van der Waals surface area contributed by atoms with Crippen LogP contribution in [0.15, 0.2) is 53.6 Å². The van der Waals surface area contributed by atoms with Crippen LogP contribution in [0.25, 0.3) is 10.4 Å². The van der Waals surface area contributed by atoms with E-state index in [1.165, 1.54) is 24.3 Å². The molecule has 0 atom stereocenters. The molecule has 0 aliphatic heterocycles. The fraction of sp³-hybridized carbons (Fsp3) is 0.400. The van der Waals surface area contributed by atoms with Crippen LogP contribution in [0.1, 0.15) is 36.8 Å². The van der Waals surface area contributed by atoms with Crippen molar-refractivity contribution in [2.45, 2.75) is 38.5 Å². The maximum Gasteiger partial charge on any atom is 0.269 e. The van der Waals surface area contributed by atoms with Gasteiger partial charge in [0.25, 0.3) is 11.4 Å². The van der Waals surface area contributed by atoms with E-state index in [9.17, 15) is 20.2 Å². The lowest BCUT2D eigenvalue weighted by Gasteiger charge is -1.99. The molecule has 160 valence electrons. The Bertz CT molecular complexity index is 834. The van der Waals surface area contributed by atoms with Crippen molar-refractivity contribution in [3.05, 3.63) is 90.3 Å². The van der Waals surface area contributed by atoms with Gasteiger partial charge in [-0.3, -0.25) is 20.2 Å². The van der Waals surface area contributed by atoms with Crippen LogP contribution in [0.4, 0.5) is 11.4 Å². The van der Waals surface area contributed by atoms with Crippen molar-refractivity contribution in [3.63, 3.8) is 0 Å². The minimum absolute atomic E-state index is 0.109. The number of rotatable bonds is 11. The number of nitro benzene ring substituents is 2. The van der Waals surface area contributed by atoms with Gasteiger partial charge in [0.15, 0.2) is 0 Å². The highest BCUT2D eigenvalue weighted by atomic mass is 16.6. The molecule has 0 aliphatic carbocycles. The normalized spacial score (nSPS) is 9.77. The van der Waals surface area contributed by atoms with Crippen LogP contribution in [-0.4, -0.2) is 28.1 Å². The smallest absolute Gasteiger partial charge is 0.269 e. The number of unbranched alkanes of at least 4 members (excludes halogenated alkanes) is 2. The van der Waals surface area contributed by atoms with Gasteiger partial charge in [-0.15, -0.1) is 0 Å². The van der Waals surface area contributed by atoms with Crippen molar-refractivity contribution < 1.29 is 15.0 Å². The third-order valence-corrected chi connectivity index (χ3v) is 4.20. The molecule has 0 heterocycles. The molecule has 0 spiro atoms. The van der Waals surface area contributed by atoms with Crippen molar-refractivity contribution in [1.82, 2.24) is 0 Å². The van der Waals surface area contributed by atoms with Gasteiger partial charge in [0.1, 0.15) is 0 Å². The highest BCUT2D eigenvalue weighted by Crippen LogP contribution is 2.14. The van der Waals surface area contributed by atoms with E-state index in [2.05, 4.69) is 10.0 Å². The largest absolute Gasteiger partial charge is 0.396 e. The van der Waals surface area contributed by atoms with Crippen LogP contribution in [0.3, 0.4) is 0 Å². The number of nitrogens with zero attached hydrogens (tertiary/aromatic N) is 5. The van der Waals surface area contributed by atoms with Crippen LogP contribution in [0.5, 0.6) is 0 Å². The molecule has 0 aromatic heterocycles. The lowest BCUT2D eigenvalue weighted by molar-refractivity contribution is -0.385. The monoisotopic (exact) mass is 415 g/mol. The van der Waals surface area contributed by atoms with Gasteiger partial charge < -0.3 is 5.11 Å². The number of azide groups is 1. The second-order valence-electron chi connectivity index (χ2n) is 6.44. The molecule has 0 saturated carbocycles. The summed E-state index contributed by atoms with van der Waals surface area (Å²) in [6.07, 6.45) is 5.14. The Kier molecular flexibility index (Phi) is 11.9. The van der Waals surface area contributed by atoms with E-state index in [0.29, 0.717) is 6.54 Å². The molecular formula is C20H25N5O5. The lowest BCUT2D eigenvalue weighted by Crippen LogP contribution is -1.90. The summed E-state index contributed by atoms with van der Waals surface area (Å²) in [4.78, 5) is 22.6. The highest BCUT2D eigenvalue weighted by molar-refractivity contribution is 5.33. The van der Waals surface area contributed by atoms with Gasteiger partial charge in [0, 0.05) is 42.3 Å². The predicted octanol–water partition coefficient (Wildman–Crippen LogP) is 5.14. The third-order valence-electron chi connectivity index (χ3n) is 4.20. The maximum absolute atomic E-state index is 10.4. The van der Waals surface area contributed by atoms with Crippen molar-refractivity contribution in [2.75, 3.05) is 13.2 Å². The van der Waals surface area contributed by atoms with E-state index < -0.39 is 9.85 Å². The number of hydrogen-bond acceptors (Lipinski definition) is 6. The topological polar surface area (TPSA) is 155 Å². The van der Waals surface area contributed by atoms with Gasteiger partial charge in [-0.1, -0.05) is 29.4 Å². The first-order valence-electron chi connectivity index (χ1n) is 9.56. The van der Waals surface area contributed by atoms with Gasteiger partial charge in [-0.05, 0) is 55.2 Å². The van der Waals surface area contributed by atoms with Crippen molar-refractivity contribution in [2.24, 2.45) is 5.11 Å². The molecule has 0 bridgehead atoms. The number of aryl methyl sites for hydroxylation is 2. The Labute approximate surface area is 174 Å². The molecule has 0 saturated heterocycles. The first-order valence-corrected chi connectivity index (χ1v) is 9.56. The number of benzene rings is 2. The predicted molar refractivity (Wildman–Crippen MR) is 113 cm³/mol. The average molecular weight is 415 g/mol. The molecule has 0 radical (unpaired) electrons. The van der Waals surface area contributed by atoms with Gasteiger partial charge >= 0.3 is 0 Å². The Morgan fingerprint density at radius 1 is 0.800 bits per heavy atom. The molecule has 1 N–H and O–H groups in total. The fourth-order valence-corrected chi connectivity index (χ4v) is 2.57. The molecule has 2 aromatic rings. The number of hydrogen-bond donors (Lipinski definition) is 1. The number of nitro groups is 2. The number of non-ortho nitro benzene ring substituents is 2.